The number of unbranched alkanes of at least 4 members (excludes halogenated alkanes) is 1. The van der Waals surface area contributed by atoms with Crippen LogP contribution in [0.15, 0.2) is 4.99 Å². The summed E-state index contributed by atoms with van der Waals surface area (Å²) in [5.41, 5.74) is 0. The molecule has 0 aromatic rings. The molecule has 0 radical (unpaired) electrons. The van der Waals surface area contributed by atoms with Gasteiger partial charge in [0.1, 0.15) is 0 Å². The number of guanidine groups is 1. The molecule has 1 aliphatic heterocycles. The predicted molar refractivity (Wildman–Crippen MR) is 116 cm³/mol. The molecule has 0 amide bonds. The molecule has 2 N–H and O–H groups in total. The molecule has 7 heteroatoms. The van der Waals surface area contributed by atoms with Crippen LogP contribution in [0.25, 0.3) is 0 Å². The van der Waals surface area contributed by atoms with E-state index in [1.165, 1.54) is 6.42 Å². The van der Waals surface area contributed by atoms with E-state index in [1.807, 2.05) is 7.05 Å². The molecule has 0 saturated carbocycles. The maximum Gasteiger partial charge on any atom is 0.190 e. The summed E-state index contributed by atoms with van der Waals surface area (Å²) in [6.45, 7) is 13.2. The van der Waals surface area contributed by atoms with E-state index in [-0.39, 0.29) is 24.0 Å². The number of rotatable bonds is 11. The Morgan fingerprint density at radius 3 is 2.28 bits per heavy atom. The Hall–Kier alpha value is -0.120. The fourth-order valence-electron chi connectivity index (χ4n) is 2.93. The summed E-state index contributed by atoms with van der Waals surface area (Å²) in [5, 5.41) is 6.72. The van der Waals surface area contributed by atoms with Crippen molar-refractivity contribution in [1.82, 2.24) is 15.5 Å². The second-order valence-corrected chi connectivity index (χ2v) is 6.62. The van der Waals surface area contributed by atoms with Gasteiger partial charge in [0.2, 0.25) is 0 Å². The maximum atomic E-state index is 5.77. The van der Waals surface area contributed by atoms with Crippen LogP contribution >= 0.6 is 24.0 Å². The number of aliphatic imine (C=N–C) groups is 1. The maximum absolute atomic E-state index is 5.77. The first-order chi connectivity index (χ1) is 11.7. The van der Waals surface area contributed by atoms with Crippen molar-refractivity contribution in [2.45, 2.75) is 58.7 Å². The quantitative estimate of drug-likeness (QED) is 0.210. The molecular weight excluding hydrogens is 431 g/mol. The van der Waals surface area contributed by atoms with E-state index in [4.69, 9.17) is 9.47 Å². The van der Waals surface area contributed by atoms with Gasteiger partial charge in [-0.15, -0.1) is 24.0 Å². The van der Waals surface area contributed by atoms with Crippen molar-refractivity contribution < 1.29 is 9.47 Å². The molecule has 0 spiro atoms. The molecule has 1 rings (SSSR count). The van der Waals surface area contributed by atoms with Crippen LogP contribution in [-0.2, 0) is 9.47 Å². The molecule has 0 aromatic carbocycles. The summed E-state index contributed by atoms with van der Waals surface area (Å²) in [7, 11) is 1.82. The number of nitrogens with zero attached hydrogens (tertiary/aromatic N) is 2. The van der Waals surface area contributed by atoms with Crippen LogP contribution in [0, 0.1) is 0 Å². The van der Waals surface area contributed by atoms with Crippen LogP contribution in [0.1, 0.15) is 46.5 Å². The second-order valence-electron chi connectivity index (χ2n) is 6.62. The van der Waals surface area contributed by atoms with E-state index in [0.717, 1.165) is 71.2 Å². The third-order valence-corrected chi connectivity index (χ3v) is 4.06. The highest BCUT2D eigenvalue weighted by Crippen LogP contribution is 2.10. The lowest BCUT2D eigenvalue weighted by Gasteiger charge is -2.35. The Bertz CT molecular complexity index is 335. The zero-order valence-electron chi connectivity index (χ0n) is 16.6. The van der Waals surface area contributed by atoms with Crippen molar-refractivity contribution in [3.8, 4) is 0 Å². The van der Waals surface area contributed by atoms with E-state index >= 15 is 0 Å². The Morgan fingerprint density at radius 2 is 1.68 bits per heavy atom. The van der Waals surface area contributed by atoms with Crippen LogP contribution in [0.5, 0.6) is 0 Å². The third kappa shape index (κ3) is 12.8. The number of ether oxygens (including phenoxy) is 2. The zero-order valence-corrected chi connectivity index (χ0v) is 18.9. The molecule has 0 aliphatic carbocycles. The average Bonchev–Trinajstić information content (AvgIpc) is 2.55. The SMILES string of the molecule is CCCCOCCCNC(=NC)NCCCN1CC(C)OC(C)C1.I. The molecule has 0 aromatic heterocycles. The van der Waals surface area contributed by atoms with Crippen LogP contribution in [0.2, 0.25) is 0 Å². The Kier molecular flexibility index (Phi) is 16.0. The van der Waals surface area contributed by atoms with Gasteiger partial charge >= 0.3 is 0 Å². The number of halogens is 1. The number of hydrogen-bond donors (Lipinski definition) is 2. The van der Waals surface area contributed by atoms with Gasteiger partial charge in [0.15, 0.2) is 5.96 Å². The van der Waals surface area contributed by atoms with E-state index in [2.05, 4.69) is 41.3 Å². The lowest BCUT2D eigenvalue weighted by molar-refractivity contribution is -0.0679. The number of hydrogen-bond acceptors (Lipinski definition) is 4. The Labute approximate surface area is 171 Å². The summed E-state index contributed by atoms with van der Waals surface area (Å²) in [5.74, 6) is 0.882. The fraction of sp³-hybridized carbons (Fsp3) is 0.944. The van der Waals surface area contributed by atoms with Gasteiger partial charge in [0, 0.05) is 53.0 Å². The summed E-state index contributed by atoms with van der Waals surface area (Å²) >= 11 is 0. The van der Waals surface area contributed by atoms with E-state index in [9.17, 15) is 0 Å². The van der Waals surface area contributed by atoms with Gasteiger partial charge < -0.3 is 20.1 Å². The van der Waals surface area contributed by atoms with Crippen LogP contribution in [0.3, 0.4) is 0 Å². The molecule has 1 aliphatic rings. The lowest BCUT2D eigenvalue weighted by Crippen LogP contribution is -2.46. The normalized spacial score (nSPS) is 21.7. The first-order valence-electron chi connectivity index (χ1n) is 9.55. The highest BCUT2D eigenvalue weighted by molar-refractivity contribution is 14.0. The molecule has 25 heavy (non-hydrogen) atoms. The van der Waals surface area contributed by atoms with Gasteiger partial charge in [-0.1, -0.05) is 13.3 Å². The standard InChI is InChI=1S/C18H38N4O2.HI/c1-5-6-12-23-13-8-10-21-18(19-4)20-9-7-11-22-14-16(2)24-17(3)15-22;/h16-17H,5-15H2,1-4H3,(H2,19,20,21);1H. The lowest BCUT2D eigenvalue weighted by atomic mass is 10.2. The summed E-state index contributed by atoms with van der Waals surface area (Å²) in [6.07, 6.45) is 5.15. The van der Waals surface area contributed by atoms with E-state index in [1.54, 1.807) is 0 Å². The second kappa shape index (κ2) is 16.1. The van der Waals surface area contributed by atoms with Crippen LogP contribution < -0.4 is 10.6 Å². The smallest absolute Gasteiger partial charge is 0.190 e. The summed E-state index contributed by atoms with van der Waals surface area (Å²) in [4.78, 5) is 6.75. The fourth-order valence-corrected chi connectivity index (χ4v) is 2.93. The van der Waals surface area contributed by atoms with E-state index < -0.39 is 0 Å². The predicted octanol–water partition coefficient (Wildman–Crippen LogP) is 2.48. The molecule has 2 unspecified atom stereocenters. The van der Waals surface area contributed by atoms with Gasteiger partial charge in [0.25, 0.3) is 0 Å². The van der Waals surface area contributed by atoms with Crippen LogP contribution in [0.4, 0.5) is 0 Å². The Morgan fingerprint density at radius 1 is 1.08 bits per heavy atom. The van der Waals surface area contributed by atoms with Crippen molar-refractivity contribution >= 4 is 29.9 Å². The largest absolute Gasteiger partial charge is 0.381 e. The number of morpholine rings is 1. The third-order valence-electron chi connectivity index (χ3n) is 4.06. The van der Waals surface area contributed by atoms with Crippen LogP contribution in [-0.4, -0.2) is 76.1 Å². The average molecular weight is 470 g/mol. The molecular formula is C18H39IN4O2. The molecule has 1 heterocycles. The van der Waals surface area contributed by atoms with Gasteiger partial charge in [-0.05, 0) is 33.1 Å². The van der Waals surface area contributed by atoms with Gasteiger partial charge in [-0.2, -0.15) is 0 Å². The molecule has 1 fully saturated rings. The highest BCUT2D eigenvalue weighted by atomic mass is 127. The summed E-state index contributed by atoms with van der Waals surface area (Å²) < 4.78 is 11.3. The van der Waals surface area contributed by atoms with Crippen molar-refractivity contribution in [2.75, 3.05) is 53.0 Å². The Balaban J connectivity index is 0.00000576. The minimum Gasteiger partial charge on any atom is -0.381 e. The van der Waals surface area contributed by atoms with Crippen molar-refractivity contribution in [2.24, 2.45) is 4.99 Å². The van der Waals surface area contributed by atoms with Gasteiger partial charge in [0.05, 0.1) is 12.2 Å². The van der Waals surface area contributed by atoms with Crippen molar-refractivity contribution in [3.05, 3.63) is 0 Å². The van der Waals surface area contributed by atoms with Crippen molar-refractivity contribution in [1.29, 1.82) is 0 Å². The van der Waals surface area contributed by atoms with Crippen molar-refractivity contribution in [3.63, 3.8) is 0 Å². The first-order valence-corrected chi connectivity index (χ1v) is 9.55. The molecule has 6 nitrogen and oxygen atoms in total. The van der Waals surface area contributed by atoms with E-state index in [0.29, 0.717) is 12.2 Å². The minimum absolute atomic E-state index is 0. The molecule has 2 atom stereocenters. The number of nitrogens with one attached hydrogen (secondary N) is 2. The molecule has 1 saturated heterocycles. The van der Waals surface area contributed by atoms with Gasteiger partial charge in [-0.3, -0.25) is 9.89 Å². The van der Waals surface area contributed by atoms with Gasteiger partial charge in [-0.25, -0.2) is 0 Å². The zero-order chi connectivity index (χ0) is 17.6. The molecule has 0 bridgehead atoms. The monoisotopic (exact) mass is 470 g/mol. The summed E-state index contributed by atoms with van der Waals surface area (Å²) in [6, 6.07) is 0. The topological polar surface area (TPSA) is 58.1 Å². The minimum atomic E-state index is 0. The highest BCUT2D eigenvalue weighted by Gasteiger charge is 2.21. The first kappa shape index (κ1) is 24.9. The molecule has 150 valence electrons.